The Kier molecular flexibility index (Phi) is 4.47. The fraction of sp³-hybridized carbons (Fsp3) is 0.692. The molecule has 1 saturated heterocycles. The number of halogens is 1. The van der Waals surface area contributed by atoms with E-state index >= 15 is 0 Å². The Morgan fingerprint density at radius 2 is 2.16 bits per heavy atom. The minimum atomic E-state index is -0.713. The molecule has 19 heavy (non-hydrogen) atoms. The summed E-state index contributed by atoms with van der Waals surface area (Å²) in [6.45, 7) is 7.33. The van der Waals surface area contributed by atoms with Crippen LogP contribution in [-0.4, -0.2) is 38.8 Å². The Morgan fingerprint density at radius 3 is 2.68 bits per heavy atom. The van der Waals surface area contributed by atoms with Gasteiger partial charge in [-0.1, -0.05) is 18.5 Å². The van der Waals surface area contributed by atoms with E-state index in [1.807, 2.05) is 11.6 Å². The third-order valence-electron chi connectivity index (χ3n) is 3.56. The lowest BCUT2D eigenvalue weighted by molar-refractivity contribution is -0.139. The van der Waals surface area contributed by atoms with Gasteiger partial charge in [-0.05, 0) is 19.3 Å². The van der Waals surface area contributed by atoms with Crippen LogP contribution in [0.3, 0.4) is 0 Å². The van der Waals surface area contributed by atoms with Crippen molar-refractivity contribution >= 4 is 17.6 Å². The second-order valence-electron chi connectivity index (χ2n) is 5.03. The number of aliphatic carboxylic acids is 1. The number of carboxylic acids is 1. The van der Waals surface area contributed by atoms with Crippen molar-refractivity contribution < 1.29 is 9.90 Å². The first-order valence-electron chi connectivity index (χ1n) is 6.73. The first-order valence-corrected chi connectivity index (χ1v) is 7.11. The van der Waals surface area contributed by atoms with Crippen molar-refractivity contribution in [2.75, 3.05) is 13.1 Å². The number of likely N-dealkylation sites (tertiary alicyclic amines) is 1. The number of rotatable bonds is 6. The summed E-state index contributed by atoms with van der Waals surface area (Å²) < 4.78 is 1.95. The van der Waals surface area contributed by atoms with Gasteiger partial charge in [0.1, 0.15) is 0 Å². The smallest absolute Gasteiger partial charge is 0.303 e. The second kappa shape index (κ2) is 5.92. The van der Waals surface area contributed by atoms with Crippen LogP contribution in [-0.2, 0) is 24.3 Å². The largest absolute Gasteiger partial charge is 0.481 e. The zero-order valence-electron chi connectivity index (χ0n) is 11.4. The summed E-state index contributed by atoms with van der Waals surface area (Å²) in [5.41, 5.74) is 2.00. The molecule has 1 aliphatic rings. The molecule has 1 aromatic rings. The maximum absolute atomic E-state index is 10.6. The van der Waals surface area contributed by atoms with Crippen molar-refractivity contribution in [3.63, 3.8) is 0 Å². The zero-order chi connectivity index (χ0) is 14.0. The average molecular weight is 286 g/mol. The molecule has 0 unspecified atom stereocenters. The van der Waals surface area contributed by atoms with Crippen LogP contribution in [0.2, 0.25) is 5.02 Å². The molecule has 1 aromatic heterocycles. The van der Waals surface area contributed by atoms with Crippen LogP contribution in [0.1, 0.15) is 31.7 Å². The van der Waals surface area contributed by atoms with Gasteiger partial charge in [-0.2, -0.15) is 5.10 Å². The highest BCUT2D eigenvalue weighted by molar-refractivity contribution is 6.31. The lowest BCUT2D eigenvalue weighted by Crippen LogP contribution is -2.47. The van der Waals surface area contributed by atoms with Crippen LogP contribution in [0.25, 0.3) is 0 Å². The maximum Gasteiger partial charge on any atom is 0.303 e. The van der Waals surface area contributed by atoms with Crippen molar-refractivity contribution in [3.05, 3.63) is 16.4 Å². The lowest BCUT2D eigenvalue weighted by Gasteiger charge is -2.38. The average Bonchev–Trinajstić information content (AvgIpc) is 2.62. The van der Waals surface area contributed by atoms with E-state index in [2.05, 4.69) is 16.9 Å². The molecule has 2 rings (SSSR count). The number of carbonyl (C=O) groups is 1. The van der Waals surface area contributed by atoms with Crippen LogP contribution >= 0.6 is 11.6 Å². The van der Waals surface area contributed by atoms with Gasteiger partial charge in [-0.15, -0.1) is 0 Å². The van der Waals surface area contributed by atoms with Gasteiger partial charge in [0.25, 0.3) is 0 Å². The van der Waals surface area contributed by atoms with Crippen molar-refractivity contribution in [2.45, 2.75) is 39.8 Å². The molecule has 0 spiro atoms. The first kappa shape index (κ1) is 14.3. The quantitative estimate of drug-likeness (QED) is 0.869. The monoisotopic (exact) mass is 285 g/mol. The number of hydrogen-bond donors (Lipinski definition) is 1. The number of aryl methyl sites for hydroxylation is 2. The third-order valence-corrected chi connectivity index (χ3v) is 4.00. The van der Waals surface area contributed by atoms with E-state index in [9.17, 15) is 4.79 Å². The molecule has 6 heteroatoms. The number of hydrogen-bond acceptors (Lipinski definition) is 3. The van der Waals surface area contributed by atoms with Crippen LogP contribution < -0.4 is 0 Å². The summed E-state index contributed by atoms with van der Waals surface area (Å²) in [6.07, 6.45) is 1.10. The van der Waals surface area contributed by atoms with Gasteiger partial charge < -0.3 is 5.11 Å². The van der Waals surface area contributed by atoms with Crippen molar-refractivity contribution in [2.24, 2.45) is 5.92 Å². The Labute approximate surface area is 118 Å². The lowest BCUT2D eigenvalue weighted by atomic mass is 9.96. The van der Waals surface area contributed by atoms with Gasteiger partial charge in [0.15, 0.2) is 0 Å². The van der Waals surface area contributed by atoms with E-state index in [1.165, 1.54) is 0 Å². The summed E-state index contributed by atoms with van der Waals surface area (Å²) >= 11 is 6.35. The van der Waals surface area contributed by atoms with Gasteiger partial charge in [-0.25, -0.2) is 0 Å². The van der Waals surface area contributed by atoms with Crippen molar-refractivity contribution in [3.8, 4) is 0 Å². The molecule has 0 amide bonds. The molecule has 0 radical (unpaired) electrons. The molecule has 1 N–H and O–H groups in total. The van der Waals surface area contributed by atoms with Gasteiger partial charge >= 0.3 is 5.97 Å². The number of nitrogens with zero attached hydrogens (tertiary/aromatic N) is 3. The Morgan fingerprint density at radius 1 is 1.47 bits per heavy atom. The Bertz CT molecular complexity index is 467. The standard InChI is InChI=1S/C13H20ClN3O2/c1-3-10-13(14)11(17(4-2)15-10)8-16-6-9(7-16)5-12(18)19/h9H,3-8H2,1-2H3,(H,18,19). The molecule has 0 saturated carbocycles. The summed E-state index contributed by atoms with van der Waals surface area (Å²) in [6, 6.07) is 0. The predicted octanol–water partition coefficient (Wildman–Crippen LogP) is 2.03. The SMILES string of the molecule is CCc1nn(CC)c(CN2CC(CC(=O)O)C2)c1Cl. The van der Waals surface area contributed by atoms with Crippen molar-refractivity contribution in [1.29, 1.82) is 0 Å². The summed E-state index contributed by atoms with van der Waals surface area (Å²) in [5.74, 6) is -0.436. The zero-order valence-corrected chi connectivity index (χ0v) is 12.2. The molecule has 0 aliphatic carbocycles. The molecule has 5 nitrogen and oxygen atoms in total. The Hall–Kier alpha value is -1.07. The first-order chi connectivity index (χ1) is 9.05. The highest BCUT2D eigenvalue weighted by atomic mass is 35.5. The van der Waals surface area contributed by atoms with E-state index in [0.29, 0.717) is 0 Å². The summed E-state index contributed by atoms with van der Waals surface area (Å²) in [4.78, 5) is 12.8. The van der Waals surface area contributed by atoms with Crippen LogP contribution in [0.4, 0.5) is 0 Å². The molecule has 106 valence electrons. The van der Waals surface area contributed by atoms with Crippen molar-refractivity contribution in [1.82, 2.24) is 14.7 Å². The summed E-state index contributed by atoms with van der Waals surface area (Å²) in [5, 5.41) is 14.0. The minimum absolute atomic E-state index is 0.261. The molecular formula is C13H20ClN3O2. The molecule has 0 atom stereocenters. The fourth-order valence-electron chi connectivity index (χ4n) is 2.56. The number of aromatic nitrogens is 2. The van der Waals surface area contributed by atoms with E-state index in [4.69, 9.17) is 16.7 Å². The van der Waals surface area contributed by atoms with Crippen LogP contribution in [0, 0.1) is 5.92 Å². The van der Waals surface area contributed by atoms with E-state index in [1.54, 1.807) is 0 Å². The van der Waals surface area contributed by atoms with Gasteiger partial charge in [0, 0.05) is 26.2 Å². The molecule has 1 aliphatic heterocycles. The fourth-order valence-corrected chi connectivity index (χ4v) is 2.89. The summed E-state index contributed by atoms with van der Waals surface area (Å²) in [7, 11) is 0. The second-order valence-corrected chi connectivity index (χ2v) is 5.41. The maximum atomic E-state index is 10.6. The van der Waals surface area contributed by atoms with E-state index < -0.39 is 5.97 Å². The topological polar surface area (TPSA) is 58.4 Å². The minimum Gasteiger partial charge on any atom is -0.481 e. The molecule has 0 bridgehead atoms. The number of carboxylic acid groups (broad SMARTS) is 1. The predicted molar refractivity (Wildman–Crippen MR) is 73.3 cm³/mol. The molecule has 2 heterocycles. The van der Waals surface area contributed by atoms with E-state index in [-0.39, 0.29) is 12.3 Å². The molecular weight excluding hydrogens is 266 g/mol. The molecule has 1 fully saturated rings. The van der Waals surface area contributed by atoms with Crippen LogP contribution in [0.5, 0.6) is 0 Å². The van der Waals surface area contributed by atoms with Gasteiger partial charge in [0.2, 0.25) is 0 Å². The molecule has 0 aromatic carbocycles. The normalized spacial score (nSPS) is 16.6. The third kappa shape index (κ3) is 3.09. The van der Waals surface area contributed by atoms with E-state index in [0.717, 1.165) is 49.0 Å². The highest BCUT2D eigenvalue weighted by Crippen LogP contribution is 2.27. The highest BCUT2D eigenvalue weighted by Gasteiger charge is 2.30. The Balaban J connectivity index is 1.97. The van der Waals surface area contributed by atoms with Gasteiger partial charge in [0.05, 0.1) is 22.8 Å². The van der Waals surface area contributed by atoms with Crippen LogP contribution in [0.15, 0.2) is 0 Å². The van der Waals surface area contributed by atoms with Gasteiger partial charge in [-0.3, -0.25) is 14.4 Å².